The van der Waals surface area contributed by atoms with E-state index in [0.717, 1.165) is 0 Å². The molecular weight excluding hydrogens is 394 g/mol. The highest BCUT2D eigenvalue weighted by Gasteiger charge is 2.27. The lowest BCUT2D eigenvalue weighted by Crippen LogP contribution is -2.40. The summed E-state index contributed by atoms with van der Waals surface area (Å²) in [5.74, 6) is -0.121. The SMILES string of the molecule is COc1ccc(S(=O)(=O)N2CCOCC2)cc1NC(=O)c1ccc(Cl)nc1. The maximum atomic E-state index is 12.8. The molecular formula is C17H18ClN3O5S. The average molecular weight is 412 g/mol. The van der Waals surface area contributed by atoms with Crippen molar-refractivity contribution in [2.24, 2.45) is 0 Å². The molecule has 0 aliphatic carbocycles. The Morgan fingerprint density at radius 1 is 1.26 bits per heavy atom. The standard InChI is InChI=1S/C17H18ClN3O5S/c1-25-15-4-3-13(27(23,24)21-6-8-26-9-7-21)10-14(15)20-17(22)12-2-5-16(18)19-11-12/h2-5,10-11H,6-9H2,1H3,(H,20,22). The molecule has 8 nitrogen and oxygen atoms in total. The largest absolute Gasteiger partial charge is 0.495 e. The number of sulfonamides is 1. The number of nitrogens with zero attached hydrogens (tertiary/aromatic N) is 2. The number of anilines is 1. The number of rotatable bonds is 5. The highest BCUT2D eigenvalue weighted by molar-refractivity contribution is 7.89. The number of pyridine rings is 1. The minimum Gasteiger partial charge on any atom is -0.495 e. The number of halogens is 1. The summed E-state index contributed by atoms with van der Waals surface area (Å²) in [7, 11) is -2.26. The van der Waals surface area contributed by atoms with Crippen LogP contribution in [0.3, 0.4) is 0 Å². The monoisotopic (exact) mass is 411 g/mol. The zero-order valence-corrected chi connectivity index (χ0v) is 16.1. The molecule has 1 N–H and O–H groups in total. The van der Waals surface area contributed by atoms with Crippen LogP contribution in [-0.2, 0) is 14.8 Å². The van der Waals surface area contributed by atoms with E-state index in [0.29, 0.717) is 19.0 Å². The van der Waals surface area contributed by atoms with Crippen molar-refractivity contribution in [3.63, 3.8) is 0 Å². The molecule has 1 aromatic carbocycles. The van der Waals surface area contributed by atoms with E-state index in [1.807, 2.05) is 0 Å². The third kappa shape index (κ3) is 4.38. The van der Waals surface area contributed by atoms with Crippen LogP contribution in [0.2, 0.25) is 5.15 Å². The number of carbonyl (C=O) groups excluding carboxylic acids is 1. The normalized spacial score (nSPS) is 15.3. The molecule has 0 spiro atoms. The minimum absolute atomic E-state index is 0.0646. The molecule has 1 amide bonds. The Hall–Kier alpha value is -2.20. The number of benzene rings is 1. The van der Waals surface area contributed by atoms with Gasteiger partial charge in [-0.05, 0) is 30.3 Å². The summed E-state index contributed by atoms with van der Waals surface area (Å²) in [6.07, 6.45) is 1.33. The number of carbonyl (C=O) groups is 1. The van der Waals surface area contributed by atoms with Crippen LogP contribution in [0.15, 0.2) is 41.4 Å². The first-order valence-corrected chi connectivity index (χ1v) is 9.92. The quantitative estimate of drug-likeness (QED) is 0.756. The molecule has 0 radical (unpaired) electrons. The van der Waals surface area contributed by atoms with Crippen molar-refractivity contribution in [2.45, 2.75) is 4.90 Å². The first-order valence-electron chi connectivity index (χ1n) is 8.10. The number of methoxy groups -OCH3 is 1. The van der Waals surface area contributed by atoms with E-state index in [-0.39, 0.29) is 34.4 Å². The van der Waals surface area contributed by atoms with Crippen LogP contribution in [0.5, 0.6) is 5.75 Å². The van der Waals surface area contributed by atoms with Gasteiger partial charge in [0.1, 0.15) is 10.9 Å². The lowest BCUT2D eigenvalue weighted by molar-refractivity contribution is 0.0730. The topological polar surface area (TPSA) is 97.8 Å². The summed E-state index contributed by atoms with van der Waals surface area (Å²) < 4.78 is 37.4. The van der Waals surface area contributed by atoms with Crippen LogP contribution < -0.4 is 10.1 Å². The van der Waals surface area contributed by atoms with Gasteiger partial charge in [0.05, 0.1) is 36.5 Å². The molecule has 2 heterocycles. The van der Waals surface area contributed by atoms with Gasteiger partial charge in [-0.2, -0.15) is 4.31 Å². The van der Waals surface area contributed by atoms with E-state index in [9.17, 15) is 13.2 Å². The Labute approximate surface area is 162 Å². The molecule has 1 saturated heterocycles. The van der Waals surface area contributed by atoms with Crippen molar-refractivity contribution in [3.05, 3.63) is 47.2 Å². The minimum atomic E-state index is -3.70. The van der Waals surface area contributed by atoms with Gasteiger partial charge in [0.15, 0.2) is 0 Å². The number of nitrogens with one attached hydrogen (secondary N) is 1. The maximum Gasteiger partial charge on any atom is 0.257 e. The molecule has 1 aliphatic heterocycles. The Morgan fingerprint density at radius 3 is 2.63 bits per heavy atom. The first-order chi connectivity index (χ1) is 12.9. The number of hydrogen-bond donors (Lipinski definition) is 1. The highest BCUT2D eigenvalue weighted by atomic mass is 35.5. The number of hydrogen-bond acceptors (Lipinski definition) is 6. The van der Waals surface area contributed by atoms with Crippen LogP contribution >= 0.6 is 11.6 Å². The number of aromatic nitrogens is 1. The van der Waals surface area contributed by atoms with Crippen molar-refractivity contribution >= 4 is 33.2 Å². The fourth-order valence-electron chi connectivity index (χ4n) is 2.59. The Kier molecular flexibility index (Phi) is 5.95. The first kappa shape index (κ1) is 19.6. The summed E-state index contributed by atoms with van der Waals surface area (Å²) in [5, 5.41) is 2.92. The van der Waals surface area contributed by atoms with Crippen molar-refractivity contribution in [2.75, 3.05) is 38.7 Å². The molecule has 3 rings (SSSR count). The maximum absolute atomic E-state index is 12.8. The van der Waals surface area contributed by atoms with Crippen LogP contribution in [0.4, 0.5) is 5.69 Å². The van der Waals surface area contributed by atoms with E-state index >= 15 is 0 Å². The summed E-state index contributed by atoms with van der Waals surface area (Å²) in [6.45, 7) is 1.27. The smallest absolute Gasteiger partial charge is 0.257 e. The fourth-order valence-corrected chi connectivity index (χ4v) is 4.13. The van der Waals surface area contributed by atoms with Crippen LogP contribution in [0, 0.1) is 0 Å². The molecule has 144 valence electrons. The molecule has 10 heteroatoms. The van der Waals surface area contributed by atoms with Crippen molar-refractivity contribution < 1.29 is 22.7 Å². The molecule has 2 aromatic rings. The van der Waals surface area contributed by atoms with Gasteiger partial charge >= 0.3 is 0 Å². The van der Waals surface area contributed by atoms with Gasteiger partial charge in [-0.3, -0.25) is 4.79 Å². The van der Waals surface area contributed by atoms with Crippen LogP contribution in [0.1, 0.15) is 10.4 Å². The van der Waals surface area contributed by atoms with Gasteiger partial charge in [0.25, 0.3) is 5.91 Å². The fraction of sp³-hybridized carbons (Fsp3) is 0.294. The van der Waals surface area contributed by atoms with E-state index in [1.165, 1.54) is 47.9 Å². The van der Waals surface area contributed by atoms with Crippen molar-refractivity contribution in [3.8, 4) is 5.75 Å². The van der Waals surface area contributed by atoms with Crippen LogP contribution in [-0.4, -0.2) is 57.0 Å². The lowest BCUT2D eigenvalue weighted by Gasteiger charge is -2.26. The Morgan fingerprint density at radius 2 is 2.00 bits per heavy atom. The van der Waals surface area contributed by atoms with Gasteiger partial charge in [0.2, 0.25) is 10.0 Å². The van der Waals surface area contributed by atoms with E-state index < -0.39 is 15.9 Å². The number of amides is 1. The van der Waals surface area contributed by atoms with E-state index in [4.69, 9.17) is 21.1 Å². The molecule has 0 unspecified atom stereocenters. The second-order valence-electron chi connectivity index (χ2n) is 5.70. The Bertz CT molecular complexity index is 928. The molecule has 0 bridgehead atoms. The van der Waals surface area contributed by atoms with E-state index in [2.05, 4.69) is 10.3 Å². The second kappa shape index (κ2) is 8.22. The summed E-state index contributed by atoms with van der Waals surface area (Å²) in [6, 6.07) is 7.34. The van der Waals surface area contributed by atoms with Gasteiger partial charge in [-0.1, -0.05) is 11.6 Å². The molecule has 1 fully saturated rings. The molecule has 1 aliphatic rings. The predicted molar refractivity (Wildman–Crippen MR) is 99.8 cm³/mol. The average Bonchev–Trinajstić information content (AvgIpc) is 2.69. The molecule has 27 heavy (non-hydrogen) atoms. The van der Waals surface area contributed by atoms with Crippen molar-refractivity contribution in [1.82, 2.24) is 9.29 Å². The summed E-state index contributed by atoms with van der Waals surface area (Å²) >= 11 is 5.73. The predicted octanol–water partition coefficient (Wildman–Crippen LogP) is 2.02. The van der Waals surface area contributed by atoms with Crippen molar-refractivity contribution in [1.29, 1.82) is 0 Å². The van der Waals surface area contributed by atoms with Gasteiger partial charge < -0.3 is 14.8 Å². The third-order valence-corrected chi connectivity index (χ3v) is 6.13. The van der Waals surface area contributed by atoms with Crippen LogP contribution in [0.25, 0.3) is 0 Å². The number of ether oxygens (including phenoxy) is 2. The lowest BCUT2D eigenvalue weighted by atomic mass is 10.2. The molecule has 0 saturated carbocycles. The highest BCUT2D eigenvalue weighted by Crippen LogP contribution is 2.29. The van der Waals surface area contributed by atoms with Gasteiger partial charge in [0, 0.05) is 19.3 Å². The Balaban J connectivity index is 1.89. The summed E-state index contributed by atoms with van der Waals surface area (Å²) in [5.41, 5.74) is 0.523. The van der Waals surface area contributed by atoms with E-state index in [1.54, 1.807) is 0 Å². The second-order valence-corrected chi connectivity index (χ2v) is 8.03. The zero-order valence-electron chi connectivity index (χ0n) is 14.5. The van der Waals surface area contributed by atoms with Gasteiger partial charge in [-0.15, -0.1) is 0 Å². The zero-order chi connectivity index (χ0) is 19.4. The molecule has 0 atom stereocenters. The van der Waals surface area contributed by atoms with Gasteiger partial charge in [-0.25, -0.2) is 13.4 Å². The molecule has 1 aromatic heterocycles. The summed E-state index contributed by atoms with van der Waals surface area (Å²) in [4.78, 5) is 16.4. The number of morpholine rings is 1. The third-order valence-electron chi connectivity index (χ3n) is 4.02.